The normalized spacial score (nSPS) is 14.6. The van der Waals surface area contributed by atoms with Gasteiger partial charge in [-0.25, -0.2) is 8.78 Å². The van der Waals surface area contributed by atoms with Gasteiger partial charge in [-0.3, -0.25) is 0 Å². The summed E-state index contributed by atoms with van der Waals surface area (Å²) >= 11 is 5.47. The molecule has 0 aliphatic carbocycles. The van der Waals surface area contributed by atoms with E-state index in [0.29, 0.717) is 5.56 Å². The van der Waals surface area contributed by atoms with Crippen molar-refractivity contribution in [2.45, 2.75) is 13.0 Å². The van der Waals surface area contributed by atoms with Gasteiger partial charge >= 0.3 is 0 Å². The lowest BCUT2D eigenvalue weighted by atomic mass is 10.1. The third-order valence-electron chi connectivity index (χ3n) is 3.16. The van der Waals surface area contributed by atoms with Gasteiger partial charge in [-0.2, -0.15) is 0 Å². The first-order chi connectivity index (χ1) is 8.65. The van der Waals surface area contributed by atoms with Crippen molar-refractivity contribution in [2.24, 2.45) is 0 Å². The molecule has 0 bridgehead atoms. The lowest BCUT2D eigenvalue weighted by Crippen LogP contribution is -2.22. The molecule has 94 valence electrons. The second kappa shape index (κ2) is 4.37. The molecule has 2 nitrogen and oxygen atoms in total. The summed E-state index contributed by atoms with van der Waals surface area (Å²) in [5, 5.41) is 2.78. The topological polar surface area (TPSA) is 27.8 Å². The number of rotatable bonds is 1. The van der Waals surface area contributed by atoms with Crippen molar-refractivity contribution in [2.75, 3.05) is 6.54 Å². The van der Waals surface area contributed by atoms with E-state index in [-0.39, 0.29) is 0 Å². The minimum absolute atomic E-state index is 0.461. The van der Waals surface area contributed by atoms with E-state index in [0.717, 1.165) is 30.9 Å². The molecular weight excluding hydrogens is 258 g/mol. The van der Waals surface area contributed by atoms with E-state index in [1.807, 2.05) is 6.07 Å². The van der Waals surface area contributed by atoms with Gasteiger partial charge in [0.2, 0.25) is 0 Å². The Balaban J connectivity index is 2.07. The average molecular weight is 269 g/mol. The van der Waals surface area contributed by atoms with Gasteiger partial charge in [-0.1, -0.05) is 11.6 Å². The van der Waals surface area contributed by atoms with Gasteiger partial charge in [0.05, 0.1) is 0 Å². The molecule has 5 heteroatoms. The molecule has 0 amide bonds. The van der Waals surface area contributed by atoms with Crippen LogP contribution >= 0.6 is 11.6 Å². The van der Waals surface area contributed by atoms with Gasteiger partial charge < -0.3 is 10.3 Å². The summed E-state index contributed by atoms with van der Waals surface area (Å²) in [4.78, 5) is 3.18. The van der Waals surface area contributed by atoms with Crippen LogP contribution in [0.3, 0.4) is 0 Å². The van der Waals surface area contributed by atoms with Crippen molar-refractivity contribution < 1.29 is 8.78 Å². The van der Waals surface area contributed by atoms with E-state index in [2.05, 4.69) is 10.3 Å². The molecule has 18 heavy (non-hydrogen) atoms. The molecule has 0 saturated carbocycles. The minimum Gasteiger partial charge on any atom is -0.357 e. The molecule has 1 aliphatic heterocycles. The molecule has 0 fully saturated rings. The van der Waals surface area contributed by atoms with Crippen LogP contribution in [0.4, 0.5) is 8.78 Å². The Hall–Kier alpha value is -1.39. The first-order valence-corrected chi connectivity index (χ1v) is 6.09. The number of nitrogens with one attached hydrogen (secondary N) is 2. The fourth-order valence-electron chi connectivity index (χ4n) is 2.22. The van der Waals surface area contributed by atoms with Crippen molar-refractivity contribution in [3.8, 4) is 11.3 Å². The molecule has 1 aromatic carbocycles. The van der Waals surface area contributed by atoms with Crippen LogP contribution < -0.4 is 5.32 Å². The summed E-state index contributed by atoms with van der Waals surface area (Å²) < 4.78 is 26.8. The summed E-state index contributed by atoms with van der Waals surface area (Å²) in [6.45, 7) is 1.68. The van der Waals surface area contributed by atoms with Crippen LogP contribution in [0.1, 0.15) is 11.3 Å². The zero-order valence-corrected chi connectivity index (χ0v) is 10.2. The fourth-order valence-corrected chi connectivity index (χ4v) is 2.33. The van der Waals surface area contributed by atoms with Crippen LogP contribution in [0.25, 0.3) is 11.3 Å². The Morgan fingerprint density at radius 3 is 2.50 bits per heavy atom. The molecule has 1 aromatic heterocycles. The van der Waals surface area contributed by atoms with Gasteiger partial charge in [0.25, 0.3) is 0 Å². The minimum atomic E-state index is -0.739. The lowest BCUT2D eigenvalue weighted by molar-refractivity contribution is 0.585. The number of H-pyrrole nitrogens is 1. The molecule has 0 spiro atoms. The third kappa shape index (κ3) is 1.91. The van der Waals surface area contributed by atoms with E-state index < -0.39 is 16.7 Å². The predicted molar refractivity (Wildman–Crippen MR) is 66.6 cm³/mol. The van der Waals surface area contributed by atoms with Gasteiger partial charge in [-0.15, -0.1) is 0 Å². The van der Waals surface area contributed by atoms with E-state index >= 15 is 0 Å². The van der Waals surface area contributed by atoms with Crippen molar-refractivity contribution in [1.29, 1.82) is 0 Å². The Kier molecular flexibility index (Phi) is 2.84. The van der Waals surface area contributed by atoms with Gasteiger partial charge in [-0.05, 0) is 36.7 Å². The second-order valence-corrected chi connectivity index (χ2v) is 4.75. The average Bonchev–Trinajstić information content (AvgIpc) is 2.79. The number of hydrogen-bond acceptors (Lipinski definition) is 1. The number of aromatic amines is 1. The van der Waals surface area contributed by atoms with E-state index in [1.165, 1.54) is 17.7 Å². The van der Waals surface area contributed by atoms with E-state index in [4.69, 9.17) is 11.6 Å². The zero-order valence-electron chi connectivity index (χ0n) is 9.49. The van der Waals surface area contributed by atoms with E-state index in [1.54, 1.807) is 0 Å². The van der Waals surface area contributed by atoms with Crippen LogP contribution in [-0.4, -0.2) is 11.5 Å². The summed E-state index contributed by atoms with van der Waals surface area (Å²) in [5.41, 5.74) is 3.47. The molecule has 0 saturated heterocycles. The largest absolute Gasteiger partial charge is 0.357 e. The highest BCUT2D eigenvalue weighted by molar-refractivity contribution is 6.30. The highest BCUT2D eigenvalue weighted by atomic mass is 35.5. The van der Waals surface area contributed by atoms with Crippen LogP contribution in [0.2, 0.25) is 5.02 Å². The molecule has 2 N–H and O–H groups in total. The van der Waals surface area contributed by atoms with Gasteiger partial charge in [0, 0.05) is 23.5 Å². The molecule has 2 aromatic rings. The Morgan fingerprint density at radius 2 is 1.83 bits per heavy atom. The maximum Gasteiger partial charge on any atom is 0.145 e. The molecule has 2 heterocycles. The Bertz CT molecular complexity index is 561. The quantitative estimate of drug-likeness (QED) is 0.764. The van der Waals surface area contributed by atoms with Crippen LogP contribution in [0.5, 0.6) is 0 Å². The molecule has 0 unspecified atom stereocenters. The van der Waals surface area contributed by atoms with Crippen LogP contribution in [0, 0.1) is 11.6 Å². The number of benzene rings is 1. The van der Waals surface area contributed by atoms with Crippen molar-refractivity contribution in [3.05, 3.63) is 46.1 Å². The molecule has 0 radical (unpaired) electrons. The highest BCUT2D eigenvalue weighted by Crippen LogP contribution is 2.28. The van der Waals surface area contributed by atoms with Gasteiger partial charge in [0.1, 0.15) is 16.7 Å². The lowest BCUT2D eigenvalue weighted by Gasteiger charge is -2.11. The summed E-state index contributed by atoms with van der Waals surface area (Å²) in [7, 11) is 0. The number of aromatic nitrogens is 1. The highest BCUT2D eigenvalue weighted by Gasteiger charge is 2.15. The fraction of sp³-hybridized carbons (Fsp3) is 0.231. The van der Waals surface area contributed by atoms with Crippen molar-refractivity contribution in [1.82, 2.24) is 10.3 Å². The number of halogens is 3. The molecule has 3 rings (SSSR count). The number of hydrogen-bond donors (Lipinski definition) is 2. The molecule has 0 atom stereocenters. The second-order valence-electron chi connectivity index (χ2n) is 4.37. The first-order valence-electron chi connectivity index (χ1n) is 5.71. The van der Waals surface area contributed by atoms with Crippen LogP contribution in [0.15, 0.2) is 18.2 Å². The summed E-state index contributed by atoms with van der Waals surface area (Å²) in [6.07, 6.45) is 0.921. The SMILES string of the molecule is Fc1cc(-c2cc3c([nH]2)CNCC3)cc(F)c1Cl. The first kappa shape index (κ1) is 11.7. The Morgan fingerprint density at radius 1 is 1.11 bits per heavy atom. The monoisotopic (exact) mass is 268 g/mol. The number of fused-ring (bicyclic) bond motifs is 1. The van der Waals surface area contributed by atoms with Gasteiger partial charge in [0.15, 0.2) is 0 Å². The Labute approximate surface area is 108 Å². The van der Waals surface area contributed by atoms with Crippen LogP contribution in [-0.2, 0) is 13.0 Å². The van der Waals surface area contributed by atoms with Crippen molar-refractivity contribution in [3.63, 3.8) is 0 Å². The zero-order chi connectivity index (χ0) is 12.7. The van der Waals surface area contributed by atoms with E-state index in [9.17, 15) is 8.78 Å². The standard InChI is InChI=1S/C13H11ClF2N2/c14-13-9(15)3-8(4-10(13)16)11-5-7-1-2-17-6-12(7)18-11/h3-5,17-18H,1-2,6H2. The molecule has 1 aliphatic rings. The maximum atomic E-state index is 13.4. The summed E-state index contributed by atoms with van der Waals surface area (Å²) in [6, 6.07) is 4.44. The molecular formula is C13H11ClF2N2. The van der Waals surface area contributed by atoms with Crippen molar-refractivity contribution >= 4 is 11.6 Å². The third-order valence-corrected chi connectivity index (χ3v) is 3.52. The smallest absolute Gasteiger partial charge is 0.145 e. The predicted octanol–water partition coefficient (Wildman–Crippen LogP) is 3.26. The maximum absolute atomic E-state index is 13.4. The summed E-state index contributed by atoms with van der Waals surface area (Å²) in [5.74, 6) is -1.48.